The molecule has 0 spiro atoms. The number of aryl methyl sites for hydroxylation is 1. The van der Waals surface area contributed by atoms with Crippen LogP contribution in [0.4, 0.5) is 0 Å². The molecule has 3 aromatic rings. The summed E-state index contributed by atoms with van der Waals surface area (Å²) in [6.07, 6.45) is 10.9. The van der Waals surface area contributed by atoms with Gasteiger partial charge in [-0.05, 0) is 67.8 Å². The summed E-state index contributed by atoms with van der Waals surface area (Å²) < 4.78 is 8.01. The quantitative estimate of drug-likeness (QED) is 0.763. The molecule has 3 heterocycles. The van der Waals surface area contributed by atoms with Crippen LogP contribution < -0.4 is 10.1 Å². The summed E-state index contributed by atoms with van der Waals surface area (Å²) in [5, 5.41) is 3.36. The average Bonchev–Trinajstić information content (AvgIpc) is 3.08. The molecule has 142 valence electrons. The summed E-state index contributed by atoms with van der Waals surface area (Å²) in [5.41, 5.74) is 3.53. The van der Waals surface area contributed by atoms with Gasteiger partial charge in [0.15, 0.2) is 5.78 Å². The molecular formula is C22H22N4O2. The lowest BCUT2D eigenvalue weighted by atomic mass is 10.0. The fraction of sp³-hybridized carbons (Fsp3) is 0.318. The van der Waals surface area contributed by atoms with Gasteiger partial charge in [0.25, 0.3) is 0 Å². The smallest absolute Gasteiger partial charge is 0.234 e. The summed E-state index contributed by atoms with van der Waals surface area (Å²) >= 11 is 0. The zero-order valence-corrected chi connectivity index (χ0v) is 15.6. The van der Waals surface area contributed by atoms with Gasteiger partial charge in [-0.1, -0.05) is 6.07 Å². The van der Waals surface area contributed by atoms with E-state index in [1.807, 2.05) is 35.0 Å². The van der Waals surface area contributed by atoms with Crippen LogP contribution in [0.15, 0.2) is 42.9 Å². The number of hydrogen-bond donors (Lipinski definition) is 1. The highest BCUT2D eigenvalue weighted by Gasteiger charge is 2.21. The molecule has 0 saturated carbocycles. The lowest BCUT2D eigenvalue weighted by molar-refractivity contribution is -0.113. The number of Topliss-reactive ketones (excluding diaryl/α,β-unsaturated/α-hetero) is 1. The third kappa shape index (κ3) is 3.31. The highest BCUT2D eigenvalue weighted by molar-refractivity contribution is 6.25. The largest absolute Gasteiger partial charge is 0.490 e. The van der Waals surface area contributed by atoms with E-state index in [2.05, 4.69) is 27.4 Å². The predicted molar refractivity (Wildman–Crippen MR) is 107 cm³/mol. The Hall–Kier alpha value is -2.99. The highest BCUT2D eigenvalue weighted by Crippen LogP contribution is 2.30. The normalized spacial score (nSPS) is 17.9. The first-order valence-corrected chi connectivity index (χ1v) is 9.81. The Labute approximate surface area is 163 Å². The van der Waals surface area contributed by atoms with Gasteiger partial charge in [-0.25, -0.2) is 9.97 Å². The van der Waals surface area contributed by atoms with Gasteiger partial charge in [-0.3, -0.25) is 9.20 Å². The number of aromatic nitrogens is 3. The van der Waals surface area contributed by atoms with E-state index in [0.717, 1.165) is 42.8 Å². The monoisotopic (exact) mass is 374 g/mol. The van der Waals surface area contributed by atoms with Crippen molar-refractivity contribution in [2.45, 2.75) is 31.8 Å². The molecule has 6 heteroatoms. The summed E-state index contributed by atoms with van der Waals surface area (Å²) in [4.78, 5) is 21.6. The van der Waals surface area contributed by atoms with Crippen molar-refractivity contribution in [3.63, 3.8) is 0 Å². The van der Waals surface area contributed by atoms with Crippen molar-refractivity contribution in [1.29, 1.82) is 0 Å². The van der Waals surface area contributed by atoms with Crippen LogP contribution in [0.25, 0.3) is 17.4 Å². The lowest BCUT2D eigenvalue weighted by Crippen LogP contribution is -2.34. The van der Waals surface area contributed by atoms with E-state index in [0.29, 0.717) is 29.9 Å². The molecule has 6 nitrogen and oxygen atoms in total. The van der Waals surface area contributed by atoms with Gasteiger partial charge < -0.3 is 10.1 Å². The van der Waals surface area contributed by atoms with Gasteiger partial charge in [0.1, 0.15) is 11.9 Å². The molecule has 1 aromatic carbocycles. The van der Waals surface area contributed by atoms with Crippen molar-refractivity contribution < 1.29 is 9.53 Å². The van der Waals surface area contributed by atoms with E-state index in [9.17, 15) is 4.79 Å². The van der Waals surface area contributed by atoms with Gasteiger partial charge in [0, 0.05) is 30.6 Å². The van der Waals surface area contributed by atoms with Crippen LogP contribution in [0.1, 0.15) is 36.1 Å². The van der Waals surface area contributed by atoms with Crippen LogP contribution >= 0.6 is 0 Å². The number of allylic oxidation sites excluding steroid dienone is 1. The number of hydrogen-bond acceptors (Lipinski definition) is 5. The first-order chi connectivity index (χ1) is 13.8. The van der Waals surface area contributed by atoms with Crippen LogP contribution in [-0.4, -0.2) is 39.3 Å². The molecule has 0 atom stereocenters. The summed E-state index contributed by atoms with van der Waals surface area (Å²) in [5.74, 6) is 1.61. The molecule has 2 aliphatic rings. The fourth-order valence-electron chi connectivity index (χ4n) is 3.91. The van der Waals surface area contributed by atoms with E-state index >= 15 is 0 Å². The van der Waals surface area contributed by atoms with E-state index in [1.165, 1.54) is 0 Å². The number of rotatable bonds is 3. The number of nitrogens with one attached hydrogen (secondary N) is 1. The zero-order chi connectivity index (χ0) is 18.9. The van der Waals surface area contributed by atoms with Crippen LogP contribution in [0.5, 0.6) is 5.75 Å². The lowest BCUT2D eigenvalue weighted by Gasteiger charge is -2.24. The van der Waals surface area contributed by atoms with Gasteiger partial charge in [-0.15, -0.1) is 0 Å². The van der Waals surface area contributed by atoms with Gasteiger partial charge >= 0.3 is 0 Å². The molecule has 2 aromatic heterocycles. The first kappa shape index (κ1) is 17.1. The summed E-state index contributed by atoms with van der Waals surface area (Å²) in [7, 11) is 0. The van der Waals surface area contributed by atoms with Crippen molar-refractivity contribution in [3.8, 4) is 5.75 Å². The molecule has 28 heavy (non-hydrogen) atoms. The molecule has 1 N–H and O–H groups in total. The number of carbonyl (C=O) groups is 1. The van der Waals surface area contributed by atoms with Crippen molar-refractivity contribution in [2.24, 2.45) is 0 Å². The number of carbonyl (C=O) groups excluding carboxylic acids is 1. The molecule has 5 rings (SSSR count). The zero-order valence-electron chi connectivity index (χ0n) is 15.6. The minimum atomic E-state index is 0.112. The Balaban J connectivity index is 1.46. The molecule has 0 unspecified atom stereocenters. The van der Waals surface area contributed by atoms with Crippen molar-refractivity contribution in [2.75, 3.05) is 13.1 Å². The molecule has 0 amide bonds. The van der Waals surface area contributed by atoms with Crippen LogP contribution in [0.3, 0.4) is 0 Å². The molecule has 1 saturated heterocycles. The van der Waals surface area contributed by atoms with Gasteiger partial charge in [0.2, 0.25) is 5.78 Å². The van der Waals surface area contributed by atoms with E-state index in [4.69, 9.17) is 4.74 Å². The topological polar surface area (TPSA) is 68.5 Å². The number of benzene rings is 1. The third-order valence-corrected chi connectivity index (χ3v) is 5.44. The first-order valence-electron chi connectivity index (χ1n) is 9.81. The van der Waals surface area contributed by atoms with E-state index in [1.54, 1.807) is 6.20 Å². The van der Waals surface area contributed by atoms with Crippen molar-refractivity contribution in [1.82, 2.24) is 19.7 Å². The maximum absolute atomic E-state index is 12.8. The van der Waals surface area contributed by atoms with Gasteiger partial charge in [-0.2, -0.15) is 0 Å². The number of ether oxygens (including phenoxy) is 1. The van der Waals surface area contributed by atoms with Crippen molar-refractivity contribution >= 4 is 23.2 Å². The minimum absolute atomic E-state index is 0.112. The summed E-state index contributed by atoms with van der Waals surface area (Å²) in [6.45, 7) is 2.01. The van der Waals surface area contributed by atoms with Crippen LogP contribution in [0, 0.1) is 0 Å². The molecule has 0 bridgehead atoms. The fourth-order valence-corrected chi connectivity index (χ4v) is 3.91. The third-order valence-electron chi connectivity index (χ3n) is 5.44. The average molecular weight is 374 g/mol. The Morgan fingerprint density at radius 1 is 1.18 bits per heavy atom. The molecule has 1 aliphatic heterocycles. The second kappa shape index (κ2) is 7.20. The standard InChI is InChI=1S/C22H22N4O2/c27-21-5-3-15-12-18(28-17-6-9-23-10-7-17)4-2-16(15)13-19(21)20-14-26-11-1-8-24-22(26)25-20/h1-2,4,8,11-14,17,23H,3,5-7,9-10H2. The number of ketones is 1. The second-order valence-electron chi connectivity index (χ2n) is 7.36. The highest BCUT2D eigenvalue weighted by atomic mass is 16.5. The Kier molecular flexibility index (Phi) is 4.41. The minimum Gasteiger partial charge on any atom is -0.490 e. The molecule has 1 fully saturated rings. The maximum atomic E-state index is 12.8. The number of nitrogens with zero attached hydrogens (tertiary/aromatic N) is 3. The van der Waals surface area contributed by atoms with Crippen molar-refractivity contribution in [3.05, 3.63) is 59.7 Å². The predicted octanol–water partition coefficient (Wildman–Crippen LogP) is 2.92. The van der Waals surface area contributed by atoms with Crippen LogP contribution in [-0.2, 0) is 11.2 Å². The number of imidazole rings is 1. The Morgan fingerprint density at radius 2 is 2.07 bits per heavy atom. The number of piperidine rings is 1. The van der Waals surface area contributed by atoms with E-state index in [-0.39, 0.29) is 11.9 Å². The summed E-state index contributed by atoms with van der Waals surface area (Å²) in [6, 6.07) is 8.00. The maximum Gasteiger partial charge on any atom is 0.234 e. The van der Waals surface area contributed by atoms with Crippen LogP contribution in [0.2, 0.25) is 0 Å². The SMILES string of the molecule is O=C1CCc2cc(OC3CCNCC3)ccc2C=C1c1cn2cccnc2n1. The number of fused-ring (bicyclic) bond motifs is 2. The molecule has 0 radical (unpaired) electrons. The molecule has 1 aliphatic carbocycles. The Bertz CT molecular complexity index is 1030. The molecular weight excluding hydrogens is 352 g/mol. The second-order valence-corrected chi connectivity index (χ2v) is 7.36. The van der Waals surface area contributed by atoms with Gasteiger partial charge in [0.05, 0.1) is 5.69 Å². The van der Waals surface area contributed by atoms with E-state index < -0.39 is 0 Å². The Morgan fingerprint density at radius 3 is 2.93 bits per heavy atom.